The van der Waals surface area contributed by atoms with Crippen molar-refractivity contribution in [1.29, 1.82) is 0 Å². The number of alkyl halides is 3. The standard InChI is InChI=1S/C20H29F3/c1-18-11-4-6-15(18)14-9-8-13-5-3-7-17(20(21,22)23)19(13,2)16(14)10-12-18/h3,7,13-17H,4-6,8-12H2,1-2H3/t13-,14+,15+,16+,17?,18+,19+/m1/s1. The maximum Gasteiger partial charge on any atom is 0.395 e. The van der Waals surface area contributed by atoms with Crippen LogP contribution in [-0.4, -0.2) is 6.18 Å². The molecule has 3 saturated carbocycles. The molecule has 23 heavy (non-hydrogen) atoms. The van der Waals surface area contributed by atoms with E-state index in [0.717, 1.165) is 25.7 Å². The highest BCUT2D eigenvalue weighted by atomic mass is 19.4. The third-order valence-electron chi connectivity index (χ3n) is 8.52. The number of hydrogen-bond donors (Lipinski definition) is 0. The van der Waals surface area contributed by atoms with Crippen LogP contribution in [0.25, 0.3) is 0 Å². The Morgan fingerprint density at radius 2 is 1.74 bits per heavy atom. The summed E-state index contributed by atoms with van der Waals surface area (Å²) in [5, 5.41) is 0. The van der Waals surface area contributed by atoms with E-state index in [-0.39, 0.29) is 11.8 Å². The molecule has 0 N–H and O–H groups in total. The second kappa shape index (κ2) is 5.02. The van der Waals surface area contributed by atoms with E-state index in [1.165, 1.54) is 31.8 Å². The van der Waals surface area contributed by atoms with Gasteiger partial charge in [-0.15, -0.1) is 0 Å². The van der Waals surface area contributed by atoms with Crippen molar-refractivity contribution in [2.24, 2.45) is 40.4 Å². The summed E-state index contributed by atoms with van der Waals surface area (Å²) in [7, 11) is 0. The molecule has 3 heteroatoms. The molecule has 0 radical (unpaired) electrons. The van der Waals surface area contributed by atoms with Gasteiger partial charge in [0.15, 0.2) is 0 Å². The zero-order valence-corrected chi connectivity index (χ0v) is 14.3. The quantitative estimate of drug-likeness (QED) is 0.453. The second-order valence-electron chi connectivity index (χ2n) is 9.29. The lowest BCUT2D eigenvalue weighted by atomic mass is 9.44. The molecule has 0 aromatic heterocycles. The topological polar surface area (TPSA) is 0 Å². The molecule has 4 rings (SSSR count). The molecule has 4 aliphatic rings. The van der Waals surface area contributed by atoms with Gasteiger partial charge in [-0.3, -0.25) is 0 Å². The highest BCUT2D eigenvalue weighted by molar-refractivity contribution is 5.15. The summed E-state index contributed by atoms with van der Waals surface area (Å²) in [5.74, 6) is 0.486. The molecule has 0 saturated heterocycles. The van der Waals surface area contributed by atoms with E-state index in [4.69, 9.17) is 0 Å². The zero-order chi connectivity index (χ0) is 16.5. The highest BCUT2D eigenvalue weighted by Gasteiger charge is 2.63. The Hall–Kier alpha value is -0.470. The van der Waals surface area contributed by atoms with E-state index in [0.29, 0.717) is 17.3 Å². The lowest BCUT2D eigenvalue weighted by Gasteiger charge is -2.61. The molecule has 0 aromatic rings. The lowest BCUT2D eigenvalue weighted by molar-refractivity contribution is -0.230. The number of rotatable bonds is 0. The van der Waals surface area contributed by atoms with Crippen LogP contribution in [0.1, 0.15) is 65.2 Å². The van der Waals surface area contributed by atoms with Crippen molar-refractivity contribution in [1.82, 2.24) is 0 Å². The van der Waals surface area contributed by atoms with Crippen molar-refractivity contribution in [3.63, 3.8) is 0 Å². The van der Waals surface area contributed by atoms with Crippen molar-refractivity contribution in [3.8, 4) is 0 Å². The van der Waals surface area contributed by atoms with Gasteiger partial charge >= 0.3 is 6.18 Å². The Labute approximate surface area is 137 Å². The van der Waals surface area contributed by atoms with Gasteiger partial charge in [-0.25, -0.2) is 0 Å². The largest absolute Gasteiger partial charge is 0.395 e. The van der Waals surface area contributed by atoms with E-state index in [2.05, 4.69) is 6.92 Å². The molecule has 0 aliphatic heterocycles. The van der Waals surface area contributed by atoms with Crippen LogP contribution < -0.4 is 0 Å². The molecule has 0 aromatic carbocycles. The molecular formula is C20H29F3. The van der Waals surface area contributed by atoms with Crippen molar-refractivity contribution in [3.05, 3.63) is 12.2 Å². The first-order valence-electron chi connectivity index (χ1n) is 9.50. The van der Waals surface area contributed by atoms with E-state index < -0.39 is 17.5 Å². The Kier molecular flexibility index (Phi) is 3.50. The van der Waals surface area contributed by atoms with Gasteiger partial charge in [0.2, 0.25) is 0 Å². The first kappa shape index (κ1) is 16.0. The zero-order valence-electron chi connectivity index (χ0n) is 14.3. The van der Waals surface area contributed by atoms with Crippen molar-refractivity contribution >= 4 is 0 Å². The number of hydrogen-bond acceptors (Lipinski definition) is 0. The summed E-state index contributed by atoms with van der Waals surface area (Å²) in [6, 6.07) is 0. The van der Waals surface area contributed by atoms with Gasteiger partial charge in [-0.2, -0.15) is 13.2 Å². The monoisotopic (exact) mass is 326 g/mol. The summed E-state index contributed by atoms with van der Waals surface area (Å²) >= 11 is 0. The average Bonchev–Trinajstić information content (AvgIpc) is 2.86. The molecule has 3 fully saturated rings. The van der Waals surface area contributed by atoms with E-state index in [1.54, 1.807) is 0 Å². The van der Waals surface area contributed by atoms with Gasteiger partial charge < -0.3 is 0 Å². The van der Waals surface area contributed by atoms with Crippen LogP contribution >= 0.6 is 0 Å². The number of allylic oxidation sites excluding steroid dienone is 2. The molecule has 0 nitrogen and oxygen atoms in total. The first-order valence-corrected chi connectivity index (χ1v) is 9.50. The molecular weight excluding hydrogens is 297 g/mol. The smallest absolute Gasteiger partial charge is 0.170 e. The minimum Gasteiger partial charge on any atom is -0.170 e. The van der Waals surface area contributed by atoms with Crippen LogP contribution in [0.3, 0.4) is 0 Å². The molecule has 0 heterocycles. The second-order valence-corrected chi connectivity index (χ2v) is 9.29. The third-order valence-corrected chi connectivity index (χ3v) is 8.52. The SMILES string of the molecule is C[C@@]12CCC[C@H]1[C@@H]1CC[C@H]3CC=CC(C(F)(F)F)[C@]3(C)[C@H]1CC2. The van der Waals surface area contributed by atoms with Crippen molar-refractivity contribution in [2.45, 2.75) is 71.4 Å². The molecule has 7 atom stereocenters. The van der Waals surface area contributed by atoms with Gasteiger partial charge in [0.1, 0.15) is 0 Å². The highest BCUT2D eigenvalue weighted by Crippen LogP contribution is 2.68. The summed E-state index contributed by atoms with van der Waals surface area (Å²) in [6.45, 7) is 4.41. The van der Waals surface area contributed by atoms with Crippen molar-refractivity contribution in [2.75, 3.05) is 0 Å². The van der Waals surface area contributed by atoms with Crippen LogP contribution in [0.5, 0.6) is 0 Å². The Morgan fingerprint density at radius 3 is 2.48 bits per heavy atom. The van der Waals surface area contributed by atoms with Gasteiger partial charge in [0.05, 0.1) is 5.92 Å². The lowest BCUT2D eigenvalue weighted by Crippen LogP contribution is -2.57. The molecule has 1 unspecified atom stereocenters. The minimum atomic E-state index is -4.10. The number of fused-ring (bicyclic) bond motifs is 5. The summed E-state index contributed by atoms with van der Waals surface area (Å²) in [5.41, 5.74) is -0.150. The molecule has 130 valence electrons. The van der Waals surface area contributed by atoms with Crippen LogP contribution in [0.15, 0.2) is 12.2 Å². The van der Waals surface area contributed by atoms with Crippen LogP contribution in [0.2, 0.25) is 0 Å². The van der Waals surface area contributed by atoms with Crippen molar-refractivity contribution < 1.29 is 13.2 Å². The van der Waals surface area contributed by atoms with Crippen LogP contribution in [-0.2, 0) is 0 Å². The maximum absolute atomic E-state index is 13.8. The molecule has 0 spiro atoms. The normalized spacial score (nSPS) is 52.7. The fourth-order valence-electron chi connectivity index (χ4n) is 7.37. The first-order chi connectivity index (χ1) is 10.8. The predicted molar refractivity (Wildman–Crippen MR) is 85.8 cm³/mol. The van der Waals surface area contributed by atoms with E-state index >= 15 is 0 Å². The molecule has 0 bridgehead atoms. The van der Waals surface area contributed by atoms with Crippen LogP contribution in [0, 0.1) is 40.4 Å². The Morgan fingerprint density at radius 1 is 0.957 bits per heavy atom. The predicted octanol–water partition coefficient (Wildman–Crippen LogP) is 6.37. The Bertz CT molecular complexity index is 508. The molecule has 4 aliphatic carbocycles. The van der Waals surface area contributed by atoms with Crippen LogP contribution in [0.4, 0.5) is 13.2 Å². The average molecular weight is 326 g/mol. The maximum atomic E-state index is 13.8. The number of halogens is 3. The summed E-state index contributed by atoms with van der Waals surface area (Å²) in [6.07, 6.45) is 8.25. The van der Waals surface area contributed by atoms with Gasteiger partial charge in [-0.1, -0.05) is 32.4 Å². The Balaban J connectivity index is 1.72. The third kappa shape index (κ3) is 2.17. The fourth-order valence-corrected chi connectivity index (χ4v) is 7.37. The van der Waals surface area contributed by atoms with Gasteiger partial charge in [-0.05, 0) is 79.4 Å². The fraction of sp³-hybridized carbons (Fsp3) is 0.900. The minimum absolute atomic E-state index is 0.228. The van der Waals surface area contributed by atoms with Gasteiger partial charge in [0, 0.05) is 0 Å². The molecule has 0 amide bonds. The van der Waals surface area contributed by atoms with Gasteiger partial charge in [0.25, 0.3) is 0 Å². The van der Waals surface area contributed by atoms with E-state index in [9.17, 15) is 13.2 Å². The summed E-state index contributed by atoms with van der Waals surface area (Å²) in [4.78, 5) is 0. The summed E-state index contributed by atoms with van der Waals surface area (Å²) < 4.78 is 41.4. The van der Waals surface area contributed by atoms with E-state index in [1.807, 2.05) is 13.0 Å².